The Morgan fingerprint density at radius 2 is 1.55 bits per heavy atom. The Bertz CT molecular complexity index is 2240. The van der Waals surface area contributed by atoms with Crippen LogP contribution < -0.4 is 16.2 Å². The van der Waals surface area contributed by atoms with Crippen LogP contribution in [0.25, 0.3) is 21.9 Å². The van der Waals surface area contributed by atoms with Gasteiger partial charge >= 0.3 is 0 Å². The molecule has 0 unspecified atom stereocenters. The van der Waals surface area contributed by atoms with E-state index >= 15 is 0 Å². The number of hydrogen-bond acceptors (Lipinski definition) is 8. The lowest BCUT2D eigenvalue weighted by Crippen LogP contribution is -2.49. The maximum Gasteiger partial charge on any atom is 0.272 e. The van der Waals surface area contributed by atoms with Crippen LogP contribution in [-0.4, -0.2) is 111 Å². The fourth-order valence-corrected chi connectivity index (χ4v) is 6.24. The summed E-state index contributed by atoms with van der Waals surface area (Å²) in [5, 5.41) is 13.2. The summed E-state index contributed by atoms with van der Waals surface area (Å²) >= 11 is 0. The largest absolute Gasteiger partial charge is 0.378 e. The van der Waals surface area contributed by atoms with Crippen molar-refractivity contribution in [3.63, 3.8) is 0 Å². The highest BCUT2D eigenvalue weighted by Crippen LogP contribution is 2.26. The predicted octanol–water partition coefficient (Wildman–Crippen LogP) is 5.01. The lowest BCUT2D eigenvalue weighted by atomic mass is 9.99. The summed E-state index contributed by atoms with van der Waals surface area (Å²) in [5.41, 5.74) is 1.32. The molecular weight excluding hydrogens is 763 g/mol. The molecule has 11 nitrogen and oxygen atoms in total. The van der Waals surface area contributed by atoms with Crippen molar-refractivity contribution in [2.45, 2.75) is 19.3 Å². The molecule has 5 aromatic rings. The standard InChI is InChI=1S/C26H32F4N4O3.C16H11FN2O2/c1-33-7-9-34(10-8-33)24(35)17-31-5-11-37-12-6-32-26(36)25-21(27)15-20(16-22(25)28)19-4-2-3-18(13-19)14-23(29)30;17-14-6-5-10(7-11(14)9-20)8-15-12-3-1-2-4-13(12)16(21)19-18-15/h2-4,13,15-16,23,31H,5-12,14,17H2,1H3,(H,32,36);1-7,9H,8H2,(H,19,21). The minimum atomic E-state index is -2.54. The normalized spacial score (nSPS) is 13.0. The van der Waals surface area contributed by atoms with Crippen LogP contribution in [0.4, 0.5) is 22.0 Å². The zero-order chi connectivity index (χ0) is 41.6. The van der Waals surface area contributed by atoms with Gasteiger partial charge in [0.2, 0.25) is 12.3 Å². The van der Waals surface area contributed by atoms with Gasteiger partial charge in [-0.1, -0.05) is 48.5 Å². The summed E-state index contributed by atoms with van der Waals surface area (Å²) < 4.78 is 73.2. The van der Waals surface area contributed by atoms with Crippen LogP contribution in [0.2, 0.25) is 0 Å². The Morgan fingerprint density at radius 1 is 0.845 bits per heavy atom. The van der Waals surface area contributed by atoms with E-state index in [0.29, 0.717) is 61.2 Å². The van der Waals surface area contributed by atoms with Crippen molar-refractivity contribution < 1.29 is 41.1 Å². The number of fused-ring (bicyclic) bond motifs is 1. The van der Waals surface area contributed by atoms with Gasteiger partial charge in [0.25, 0.3) is 11.5 Å². The van der Waals surface area contributed by atoms with Gasteiger partial charge in [-0.2, -0.15) is 5.10 Å². The first-order valence-corrected chi connectivity index (χ1v) is 18.5. The van der Waals surface area contributed by atoms with Gasteiger partial charge in [-0.25, -0.2) is 27.1 Å². The topological polar surface area (TPSA) is 137 Å². The number of halogens is 5. The SMILES string of the molecule is CN1CCN(C(=O)CNCCOCCNC(=O)c2c(F)cc(-c3cccc(CC(F)F)c3)cc2F)CC1.O=Cc1cc(Cc2n[nH]c(=O)c3ccccc23)ccc1F. The number of amides is 2. The quantitative estimate of drug-likeness (QED) is 0.0764. The molecule has 1 fully saturated rings. The van der Waals surface area contributed by atoms with E-state index in [-0.39, 0.29) is 42.3 Å². The highest BCUT2D eigenvalue weighted by Gasteiger charge is 2.20. The number of ether oxygens (including phenoxy) is 1. The molecule has 0 spiro atoms. The highest BCUT2D eigenvalue weighted by molar-refractivity contribution is 5.95. The summed E-state index contributed by atoms with van der Waals surface area (Å²) in [4.78, 5) is 50.9. The molecule has 1 aromatic heterocycles. The summed E-state index contributed by atoms with van der Waals surface area (Å²) in [6.45, 7) is 4.26. The van der Waals surface area contributed by atoms with Crippen LogP contribution in [0.1, 0.15) is 37.5 Å². The van der Waals surface area contributed by atoms with Crippen molar-refractivity contribution in [2.75, 3.05) is 66.1 Å². The summed E-state index contributed by atoms with van der Waals surface area (Å²) in [6.07, 6.45) is -2.12. The molecular formula is C42H43F5N6O5. The van der Waals surface area contributed by atoms with Gasteiger partial charge in [0.05, 0.1) is 36.4 Å². The number of likely N-dealkylation sites (N-methyl/N-ethyl adjacent to an activating group) is 1. The lowest BCUT2D eigenvalue weighted by molar-refractivity contribution is -0.131. The van der Waals surface area contributed by atoms with E-state index in [4.69, 9.17) is 4.74 Å². The monoisotopic (exact) mass is 806 g/mol. The average Bonchev–Trinajstić information content (AvgIpc) is 3.20. The number of aldehydes is 1. The summed E-state index contributed by atoms with van der Waals surface area (Å²) in [6, 6.07) is 19.5. The smallest absolute Gasteiger partial charge is 0.272 e. The number of nitrogens with one attached hydrogen (secondary N) is 3. The van der Waals surface area contributed by atoms with Crippen LogP contribution in [0.5, 0.6) is 0 Å². The molecule has 2 amide bonds. The van der Waals surface area contributed by atoms with E-state index in [9.17, 15) is 41.1 Å². The van der Waals surface area contributed by atoms with E-state index in [1.54, 1.807) is 24.3 Å². The highest BCUT2D eigenvalue weighted by atomic mass is 19.3. The Kier molecular flexibility index (Phi) is 15.7. The number of aromatic amines is 1. The fraction of sp³-hybridized carbons (Fsp3) is 0.310. The molecule has 0 aliphatic carbocycles. The average molecular weight is 807 g/mol. The molecule has 0 radical (unpaired) electrons. The van der Waals surface area contributed by atoms with Crippen molar-refractivity contribution in [3.8, 4) is 11.1 Å². The Labute approximate surface area is 331 Å². The predicted molar refractivity (Wildman–Crippen MR) is 209 cm³/mol. The van der Waals surface area contributed by atoms with Crippen LogP contribution in [0.15, 0.2) is 83.7 Å². The van der Waals surface area contributed by atoms with Gasteiger partial charge in [-0.15, -0.1) is 0 Å². The molecule has 1 aliphatic heterocycles. The molecule has 58 heavy (non-hydrogen) atoms. The molecule has 306 valence electrons. The Balaban J connectivity index is 0.000000256. The van der Waals surface area contributed by atoms with E-state index in [1.165, 1.54) is 30.3 Å². The Hall–Kier alpha value is -5.84. The minimum absolute atomic E-state index is 0.0150. The van der Waals surface area contributed by atoms with Crippen LogP contribution >= 0.6 is 0 Å². The molecule has 0 atom stereocenters. The lowest BCUT2D eigenvalue weighted by Gasteiger charge is -2.32. The maximum atomic E-state index is 14.6. The van der Waals surface area contributed by atoms with Gasteiger partial charge in [0, 0.05) is 57.5 Å². The number of carbonyl (C=O) groups is 3. The van der Waals surface area contributed by atoms with Crippen LogP contribution in [0.3, 0.4) is 0 Å². The fourth-order valence-electron chi connectivity index (χ4n) is 6.24. The van der Waals surface area contributed by atoms with Crippen molar-refractivity contribution in [1.29, 1.82) is 0 Å². The van der Waals surface area contributed by atoms with Gasteiger partial charge in [0.15, 0.2) is 6.29 Å². The number of nitrogens with zero attached hydrogens (tertiary/aromatic N) is 3. The van der Waals surface area contributed by atoms with Gasteiger partial charge in [0.1, 0.15) is 23.0 Å². The Morgan fingerprint density at radius 3 is 2.26 bits per heavy atom. The van der Waals surface area contributed by atoms with Crippen molar-refractivity contribution in [2.24, 2.45) is 0 Å². The second-order valence-corrected chi connectivity index (χ2v) is 13.5. The molecule has 0 bridgehead atoms. The number of piperazine rings is 1. The summed E-state index contributed by atoms with van der Waals surface area (Å²) in [7, 11) is 2.02. The second kappa shape index (κ2) is 21.1. The van der Waals surface area contributed by atoms with E-state index in [2.05, 4.69) is 25.7 Å². The third-order valence-electron chi connectivity index (χ3n) is 9.34. The maximum absolute atomic E-state index is 14.6. The number of carbonyl (C=O) groups excluding carboxylic acids is 3. The molecule has 2 heterocycles. The summed E-state index contributed by atoms with van der Waals surface area (Å²) in [5.74, 6) is -3.54. The number of hydrogen-bond donors (Lipinski definition) is 3. The van der Waals surface area contributed by atoms with Crippen LogP contribution in [0, 0.1) is 17.5 Å². The second-order valence-electron chi connectivity index (χ2n) is 13.5. The third kappa shape index (κ3) is 12.1. The number of H-pyrrole nitrogens is 1. The van der Waals surface area contributed by atoms with Crippen LogP contribution in [-0.2, 0) is 22.4 Å². The third-order valence-corrected chi connectivity index (χ3v) is 9.34. The van der Waals surface area contributed by atoms with E-state index in [0.717, 1.165) is 36.2 Å². The number of rotatable bonds is 15. The molecule has 1 aliphatic rings. The van der Waals surface area contributed by atoms with Crippen molar-refractivity contribution >= 4 is 28.9 Å². The first kappa shape index (κ1) is 43.3. The zero-order valence-electron chi connectivity index (χ0n) is 31.7. The van der Waals surface area contributed by atoms with E-state index in [1.807, 2.05) is 24.1 Å². The zero-order valence-corrected chi connectivity index (χ0v) is 31.7. The molecule has 0 saturated carbocycles. The van der Waals surface area contributed by atoms with Gasteiger partial charge < -0.3 is 25.2 Å². The number of aromatic nitrogens is 2. The molecule has 16 heteroatoms. The molecule has 1 saturated heterocycles. The number of alkyl halides is 2. The van der Waals surface area contributed by atoms with E-state index < -0.39 is 41.8 Å². The first-order chi connectivity index (χ1) is 27.9. The first-order valence-electron chi connectivity index (χ1n) is 18.5. The van der Waals surface area contributed by atoms with Crippen molar-refractivity contribution in [3.05, 3.63) is 135 Å². The molecule has 4 aromatic carbocycles. The van der Waals surface area contributed by atoms with Gasteiger partial charge in [-0.3, -0.25) is 19.2 Å². The molecule has 3 N–H and O–H groups in total. The molecule has 6 rings (SSSR count). The van der Waals surface area contributed by atoms with Gasteiger partial charge in [-0.05, 0) is 59.6 Å². The van der Waals surface area contributed by atoms with Crippen molar-refractivity contribution in [1.82, 2.24) is 30.6 Å². The minimum Gasteiger partial charge on any atom is -0.378 e. The number of benzene rings is 4.